The SMILES string of the molecule is CCOC1=CC[C@H]2C(=O)O[C@H]3C[C@@](C)(O)[C@@H]1[C@H]32. The predicted octanol–water partition coefficient (Wildman–Crippen LogP) is 1.24. The number of rotatable bonds is 2. The molecule has 94 valence electrons. The molecule has 1 N–H and O–H groups in total. The number of ether oxygens (including phenoxy) is 2. The van der Waals surface area contributed by atoms with Crippen LogP contribution in [0.2, 0.25) is 0 Å². The summed E-state index contributed by atoms with van der Waals surface area (Å²) in [6.07, 6.45) is 3.03. The summed E-state index contributed by atoms with van der Waals surface area (Å²) < 4.78 is 11.0. The van der Waals surface area contributed by atoms with Crippen molar-refractivity contribution in [1.82, 2.24) is 0 Å². The summed E-state index contributed by atoms with van der Waals surface area (Å²) in [4.78, 5) is 11.7. The molecule has 1 heterocycles. The van der Waals surface area contributed by atoms with E-state index in [4.69, 9.17) is 9.47 Å². The van der Waals surface area contributed by atoms with Gasteiger partial charge >= 0.3 is 5.97 Å². The van der Waals surface area contributed by atoms with Crippen LogP contribution in [0, 0.1) is 17.8 Å². The second kappa shape index (κ2) is 3.48. The van der Waals surface area contributed by atoms with Crippen molar-refractivity contribution in [2.75, 3.05) is 6.61 Å². The van der Waals surface area contributed by atoms with E-state index in [1.54, 1.807) is 0 Å². The van der Waals surface area contributed by atoms with Crippen molar-refractivity contribution in [2.45, 2.75) is 38.4 Å². The maximum Gasteiger partial charge on any atom is 0.309 e. The smallest absolute Gasteiger partial charge is 0.309 e. The Labute approximate surface area is 101 Å². The highest BCUT2D eigenvalue weighted by atomic mass is 16.6. The van der Waals surface area contributed by atoms with Crippen LogP contribution in [-0.2, 0) is 14.3 Å². The molecule has 2 aliphatic carbocycles. The summed E-state index contributed by atoms with van der Waals surface area (Å²) >= 11 is 0. The number of carbonyl (C=O) groups excluding carboxylic acids is 1. The second-order valence-corrected chi connectivity index (χ2v) is 5.47. The minimum absolute atomic E-state index is 0.0804. The van der Waals surface area contributed by atoms with Gasteiger partial charge < -0.3 is 14.6 Å². The average molecular weight is 238 g/mol. The molecule has 2 fully saturated rings. The Kier molecular flexibility index (Phi) is 2.27. The van der Waals surface area contributed by atoms with Gasteiger partial charge in [0.25, 0.3) is 0 Å². The highest BCUT2D eigenvalue weighted by molar-refractivity contribution is 5.76. The number of esters is 1. The lowest BCUT2D eigenvalue weighted by atomic mass is 9.74. The first-order valence-corrected chi connectivity index (χ1v) is 6.30. The van der Waals surface area contributed by atoms with Crippen LogP contribution in [0.15, 0.2) is 11.8 Å². The van der Waals surface area contributed by atoms with Gasteiger partial charge in [-0.15, -0.1) is 0 Å². The Hall–Kier alpha value is -1.03. The summed E-state index contributed by atoms with van der Waals surface area (Å²) in [5, 5.41) is 10.5. The van der Waals surface area contributed by atoms with Crippen LogP contribution < -0.4 is 0 Å². The van der Waals surface area contributed by atoms with Gasteiger partial charge in [-0.25, -0.2) is 0 Å². The Morgan fingerprint density at radius 1 is 1.65 bits per heavy atom. The van der Waals surface area contributed by atoms with E-state index in [0.29, 0.717) is 19.4 Å². The molecule has 0 amide bonds. The predicted molar refractivity (Wildman–Crippen MR) is 59.9 cm³/mol. The topological polar surface area (TPSA) is 55.8 Å². The van der Waals surface area contributed by atoms with E-state index in [2.05, 4.69) is 0 Å². The van der Waals surface area contributed by atoms with E-state index in [1.165, 1.54) is 0 Å². The van der Waals surface area contributed by atoms with Gasteiger partial charge in [0.1, 0.15) is 6.10 Å². The molecule has 0 aromatic heterocycles. The molecule has 5 atom stereocenters. The number of allylic oxidation sites excluding steroid dienone is 1. The summed E-state index contributed by atoms with van der Waals surface area (Å²) in [7, 11) is 0. The molecule has 1 saturated heterocycles. The minimum Gasteiger partial charge on any atom is -0.498 e. The lowest BCUT2D eigenvalue weighted by Gasteiger charge is -2.34. The normalized spacial score (nSPS) is 47.5. The highest BCUT2D eigenvalue weighted by Crippen LogP contribution is 2.55. The Bertz CT molecular complexity index is 385. The Morgan fingerprint density at radius 3 is 3.12 bits per heavy atom. The maximum atomic E-state index is 11.7. The van der Waals surface area contributed by atoms with Gasteiger partial charge in [-0.2, -0.15) is 0 Å². The highest BCUT2D eigenvalue weighted by Gasteiger charge is 2.62. The van der Waals surface area contributed by atoms with Crippen LogP contribution in [0.4, 0.5) is 0 Å². The van der Waals surface area contributed by atoms with Gasteiger partial charge in [-0.05, 0) is 26.3 Å². The van der Waals surface area contributed by atoms with Crippen molar-refractivity contribution < 1.29 is 19.4 Å². The third kappa shape index (κ3) is 1.43. The van der Waals surface area contributed by atoms with Gasteiger partial charge in [0.15, 0.2) is 0 Å². The van der Waals surface area contributed by atoms with E-state index < -0.39 is 5.60 Å². The van der Waals surface area contributed by atoms with Crippen molar-refractivity contribution in [3.05, 3.63) is 11.8 Å². The summed E-state index contributed by atoms with van der Waals surface area (Å²) in [6, 6.07) is 0. The molecule has 3 aliphatic rings. The monoisotopic (exact) mass is 238 g/mol. The van der Waals surface area contributed by atoms with Crippen LogP contribution in [0.5, 0.6) is 0 Å². The summed E-state index contributed by atoms with van der Waals surface area (Å²) in [6.45, 7) is 4.35. The van der Waals surface area contributed by atoms with E-state index >= 15 is 0 Å². The van der Waals surface area contributed by atoms with Crippen LogP contribution in [-0.4, -0.2) is 29.4 Å². The van der Waals surface area contributed by atoms with Crippen LogP contribution in [0.1, 0.15) is 26.7 Å². The van der Waals surface area contributed by atoms with Gasteiger partial charge in [-0.1, -0.05) is 0 Å². The lowest BCUT2D eigenvalue weighted by Crippen LogP contribution is -2.39. The quantitative estimate of drug-likeness (QED) is 0.735. The largest absolute Gasteiger partial charge is 0.498 e. The number of aliphatic hydroxyl groups is 1. The molecule has 0 unspecified atom stereocenters. The fourth-order valence-electron chi connectivity index (χ4n) is 3.74. The van der Waals surface area contributed by atoms with Crippen LogP contribution >= 0.6 is 0 Å². The van der Waals surface area contributed by atoms with Crippen molar-refractivity contribution >= 4 is 5.97 Å². The van der Waals surface area contributed by atoms with E-state index in [0.717, 1.165) is 5.76 Å². The van der Waals surface area contributed by atoms with Crippen molar-refractivity contribution in [3.63, 3.8) is 0 Å². The summed E-state index contributed by atoms with van der Waals surface area (Å²) in [5.74, 6) is 0.678. The van der Waals surface area contributed by atoms with Gasteiger partial charge in [0.2, 0.25) is 0 Å². The molecular formula is C13H18O4. The molecule has 1 saturated carbocycles. The van der Waals surface area contributed by atoms with Gasteiger partial charge in [-0.3, -0.25) is 4.79 Å². The van der Waals surface area contributed by atoms with Gasteiger partial charge in [0.05, 0.1) is 29.8 Å². The standard InChI is InChI=1S/C13H18O4/c1-3-16-8-5-4-7-10-9(17-12(7)14)6-13(2,15)11(8)10/h5,7,9-11,15H,3-4,6H2,1-2H3/t7-,9+,10+,11+,13-/m1/s1. The van der Waals surface area contributed by atoms with Crippen molar-refractivity contribution in [1.29, 1.82) is 0 Å². The van der Waals surface area contributed by atoms with Crippen molar-refractivity contribution in [3.8, 4) is 0 Å². The second-order valence-electron chi connectivity index (χ2n) is 5.47. The average Bonchev–Trinajstić information content (AvgIpc) is 2.68. The molecule has 4 nitrogen and oxygen atoms in total. The first-order valence-electron chi connectivity index (χ1n) is 6.30. The van der Waals surface area contributed by atoms with E-state index in [-0.39, 0.29) is 29.8 Å². The summed E-state index contributed by atoms with van der Waals surface area (Å²) in [5.41, 5.74) is -0.824. The number of carbonyl (C=O) groups is 1. The maximum absolute atomic E-state index is 11.7. The zero-order valence-corrected chi connectivity index (χ0v) is 10.2. The van der Waals surface area contributed by atoms with Crippen molar-refractivity contribution in [2.24, 2.45) is 17.8 Å². The fourth-order valence-corrected chi connectivity index (χ4v) is 3.74. The van der Waals surface area contributed by atoms with Crippen LogP contribution in [0.25, 0.3) is 0 Å². The fraction of sp³-hybridized carbons (Fsp3) is 0.769. The molecule has 3 rings (SSSR count). The molecule has 0 radical (unpaired) electrons. The third-order valence-electron chi connectivity index (χ3n) is 4.32. The molecular weight excluding hydrogens is 220 g/mol. The Balaban J connectivity index is 1.99. The Morgan fingerprint density at radius 2 is 2.41 bits per heavy atom. The molecule has 0 bridgehead atoms. The number of hydrogen-bond donors (Lipinski definition) is 1. The van der Waals surface area contributed by atoms with E-state index in [1.807, 2.05) is 19.9 Å². The molecule has 0 spiro atoms. The van der Waals surface area contributed by atoms with Crippen LogP contribution in [0.3, 0.4) is 0 Å². The molecule has 1 aliphatic heterocycles. The van der Waals surface area contributed by atoms with E-state index in [9.17, 15) is 9.90 Å². The molecule has 17 heavy (non-hydrogen) atoms. The first-order chi connectivity index (χ1) is 8.04. The number of hydrogen-bond acceptors (Lipinski definition) is 4. The lowest BCUT2D eigenvalue weighted by molar-refractivity contribution is -0.146. The molecule has 4 heteroatoms. The zero-order chi connectivity index (χ0) is 12.2. The minimum atomic E-state index is -0.824. The molecule has 0 aromatic carbocycles. The zero-order valence-electron chi connectivity index (χ0n) is 10.2. The van der Waals surface area contributed by atoms with Gasteiger partial charge in [0, 0.05) is 12.3 Å². The third-order valence-corrected chi connectivity index (χ3v) is 4.32. The first kappa shape index (κ1) is 11.1. The molecule has 0 aromatic rings.